The first-order valence-corrected chi connectivity index (χ1v) is 13.5. The number of nitro benzene ring substituents is 1. The predicted molar refractivity (Wildman–Crippen MR) is 155 cm³/mol. The Labute approximate surface area is 237 Å². The Morgan fingerprint density at radius 1 is 0.878 bits per heavy atom. The molecule has 4 aromatic rings. The van der Waals surface area contributed by atoms with Crippen LogP contribution >= 0.6 is 0 Å². The third kappa shape index (κ3) is 4.74. The van der Waals surface area contributed by atoms with Crippen LogP contribution in [0, 0.1) is 10.1 Å². The summed E-state index contributed by atoms with van der Waals surface area (Å²) in [7, 11) is 0. The molecule has 1 unspecified atom stereocenters. The quantitative estimate of drug-likeness (QED) is 0.188. The number of nitrogens with zero attached hydrogens (tertiary/aromatic N) is 3. The van der Waals surface area contributed by atoms with Gasteiger partial charge in [0.15, 0.2) is 5.75 Å². The van der Waals surface area contributed by atoms with E-state index in [-0.39, 0.29) is 22.9 Å². The van der Waals surface area contributed by atoms with E-state index in [1.54, 1.807) is 29.2 Å². The van der Waals surface area contributed by atoms with E-state index in [1.807, 2.05) is 60.7 Å². The van der Waals surface area contributed by atoms with Gasteiger partial charge in [0, 0.05) is 17.8 Å². The normalized spacial score (nSPS) is 16.0. The molecule has 0 saturated heterocycles. The van der Waals surface area contributed by atoms with E-state index in [4.69, 9.17) is 4.74 Å². The fourth-order valence-corrected chi connectivity index (χ4v) is 5.47. The monoisotopic (exact) mass is 545 g/mol. The van der Waals surface area contributed by atoms with Gasteiger partial charge in [-0.15, -0.1) is 0 Å². The second-order valence-corrected chi connectivity index (χ2v) is 10.0. The van der Waals surface area contributed by atoms with Crippen molar-refractivity contribution >= 4 is 29.3 Å². The van der Waals surface area contributed by atoms with Crippen LogP contribution in [0.15, 0.2) is 103 Å². The molecule has 0 saturated carbocycles. The smallest absolute Gasteiger partial charge is 0.270 e. The highest BCUT2D eigenvalue weighted by atomic mass is 16.6. The van der Waals surface area contributed by atoms with Crippen molar-refractivity contribution in [1.82, 2.24) is 4.90 Å². The molecule has 0 radical (unpaired) electrons. The van der Waals surface area contributed by atoms with Crippen molar-refractivity contribution in [2.75, 3.05) is 4.90 Å². The molecule has 204 valence electrons. The number of fused-ring (bicyclic) bond motifs is 3. The number of rotatable bonds is 6. The molecule has 0 aromatic heterocycles. The number of carbonyl (C=O) groups is 2. The summed E-state index contributed by atoms with van der Waals surface area (Å²) in [4.78, 5) is 43.5. The number of amides is 2. The molecule has 2 aliphatic rings. The Kier molecular flexibility index (Phi) is 6.81. The molecular weight excluding hydrogens is 518 g/mol. The van der Waals surface area contributed by atoms with Crippen molar-refractivity contribution in [2.24, 2.45) is 0 Å². The summed E-state index contributed by atoms with van der Waals surface area (Å²) in [6.45, 7) is 2.40. The van der Waals surface area contributed by atoms with Gasteiger partial charge >= 0.3 is 0 Å². The number of non-ortho nitro benzene ring substituents is 1. The molecule has 0 aliphatic carbocycles. The van der Waals surface area contributed by atoms with Crippen molar-refractivity contribution < 1.29 is 19.2 Å². The van der Waals surface area contributed by atoms with Gasteiger partial charge in [-0.1, -0.05) is 80.1 Å². The summed E-state index contributed by atoms with van der Waals surface area (Å²) in [6.07, 6.45) is 3.53. The zero-order chi connectivity index (χ0) is 28.5. The van der Waals surface area contributed by atoms with Crippen LogP contribution in [0.25, 0.3) is 6.08 Å². The van der Waals surface area contributed by atoms with Crippen LogP contribution in [0.3, 0.4) is 0 Å². The number of hydrogen-bond donors (Lipinski definition) is 0. The fourth-order valence-electron chi connectivity index (χ4n) is 5.47. The first-order valence-electron chi connectivity index (χ1n) is 13.5. The molecule has 0 spiro atoms. The SMILES string of the molecule is CCCC1=Cc2ccccc2C(N2C(=O)c3cc([N+](=O)[O-])ccc3Oc3ccccc32)C(=O)N1Cc1ccccc1. The van der Waals surface area contributed by atoms with Gasteiger partial charge in [0.05, 0.1) is 22.7 Å². The standard InChI is InChI=1S/C33H27N3O5/c1-2-10-24-19-23-13-6-7-14-26(23)31(33(38)34(24)21-22-11-4-3-5-12-22)35-28-15-8-9-16-30(28)41-29-18-17-25(36(39)40)20-27(29)32(35)37/h3-9,11-20,31H,2,10,21H2,1H3. The van der Waals surface area contributed by atoms with E-state index in [9.17, 15) is 19.7 Å². The number of hydrogen-bond acceptors (Lipinski definition) is 5. The molecular formula is C33H27N3O5. The number of para-hydroxylation sites is 2. The minimum absolute atomic E-state index is 0.0151. The van der Waals surface area contributed by atoms with Crippen LogP contribution in [0.5, 0.6) is 11.5 Å². The topological polar surface area (TPSA) is 93.0 Å². The van der Waals surface area contributed by atoms with Crippen molar-refractivity contribution in [2.45, 2.75) is 32.4 Å². The Morgan fingerprint density at radius 3 is 2.39 bits per heavy atom. The molecule has 2 aliphatic heterocycles. The van der Waals surface area contributed by atoms with Gasteiger partial charge in [-0.3, -0.25) is 24.6 Å². The fraction of sp³-hybridized carbons (Fsp3) is 0.152. The van der Waals surface area contributed by atoms with Crippen LogP contribution in [0.4, 0.5) is 11.4 Å². The highest BCUT2D eigenvalue weighted by Crippen LogP contribution is 2.45. The molecule has 2 heterocycles. The predicted octanol–water partition coefficient (Wildman–Crippen LogP) is 7.27. The molecule has 8 nitrogen and oxygen atoms in total. The number of allylic oxidation sites excluding steroid dienone is 1. The van der Waals surface area contributed by atoms with Crippen LogP contribution in [0.1, 0.15) is 52.9 Å². The third-order valence-corrected chi connectivity index (χ3v) is 7.38. The lowest BCUT2D eigenvalue weighted by atomic mass is 9.97. The van der Waals surface area contributed by atoms with Crippen molar-refractivity contribution in [3.8, 4) is 11.5 Å². The molecule has 8 heteroatoms. The molecule has 1 atom stereocenters. The van der Waals surface area contributed by atoms with Gasteiger partial charge in [0.2, 0.25) is 0 Å². The van der Waals surface area contributed by atoms with Gasteiger partial charge in [0.25, 0.3) is 17.5 Å². The molecule has 6 rings (SSSR count). The summed E-state index contributed by atoms with van der Waals surface area (Å²) in [6, 6.07) is 27.2. The maximum atomic E-state index is 14.8. The second kappa shape index (κ2) is 10.7. The van der Waals surface area contributed by atoms with Crippen LogP contribution < -0.4 is 9.64 Å². The molecule has 2 amide bonds. The van der Waals surface area contributed by atoms with Crippen LogP contribution in [0.2, 0.25) is 0 Å². The van der Waals surface area contributed by atoms with E-state index in [2.05, 4.69) is 6.92 Å². The van der Waals surface area contributed by atoms with Gasteiger partial charge in [0.1, 0.15) is 11.8 Å². The van der Waals surface area contributed by atoms with Crippen LogP contribution in [-0.2, 0) is 11.3 Å². The van der Waals surface area contributed by atoms with E-state index >= 15 is 0 Å². The average molecular weight is 546 g/mol. The van der Waals surface area contributed by atoms with Crippen LogP contribution in [-0.4, -0.2) is 21.6 Å². The Bertz CT molecular complexity index is 1700. The lowest BCUT2D eigenvalue weighted by Crippen LogP contribution is -2.44. The summed E-state index contributed by atoms with van der Waals surface area (Å²) < 4.78 is 6.14. The van der Waals surface area contributed by atoms with Gasteiger partial charge in [-0.2, -0.15) is 0 Å². The lowest BCUT2D eigenvalue weighted by molar-refractivity contribution is -0.384. The number of ether oxygens (including phenoxy) is 1. The Balaban J connectivity index is 1.57. The van der Waals surface area contributed by atoms with E-state index < -0.39 is 16.9 Å². The van der Waals surface area contributed by atoms with Crippen molar-refractivity contribution in [3.63, 3.8) is 0 Å². The minimum Gasteiger partial charge on any atom is -0.454 e. The highest BCUT2D eigenvalue weighted by molar-refractivity contribution is 6.13. The maximum Gasteiger partial charge on any atom is 0.270 e. The number of anilines is 1. The molecule has 0 fully saturated rings. The largest absolute Gasteiger partial charge is 0.454 e. The summed E-state index contributed by atoms with van der Waals surface area (Å²) in [5.41, 5.74) is 3.50. The lowest BCUT2D eigenvalue weighted by Gasteiger charge is -2.34. The van der Waals surface area contributed by atoms with Gasteiger partial charge in [-0.25, -0.2) is 0 Å². The Hall–Kier alpha value is -5.24. The summed E-state index contributed by atoms with van der Waals surface area (Å²) >= 11 is 0. The average Bonchev–Trinajstić information content (AvgIpc) is 3.17. The molecule has 0 N–H and O–H groups in total. The zero-order valence-electron chi connectivity index (χ0n) is 22.4. The minimum atomic E-state index is -1.05. The highest BCUT2D eigenvalue weighted by Gasteiger charge is 2.42. The number of benzene rings is 4. The Morgan fingerprint density at radius 2 is 1.61 bits per heavy atom. The number of carbonyl (C=O) groups excluding carboxylic acids is 2. The zero-order valence-corrected chi connectivity index (χ0v) is 22.4. The number of nitro groups is 1. The van der Waals surface area contributed by atoms with Crippen molar-refractivity contribution in [1.29, 1.82) is 0 Å². The molecule has 41 heavy (non-hydrogen) atoms. The summed E-state index contributed by atoms with van der Waals surface area (Å²) in [5.74, 6) is -0.258. The van der Waals surface area contributed by atoms with E-state index in [0.29, 0.717) is 30.0 Å². The maximum absolute atomic E-state index is 14.8. The first kappa shape index (κ1) is 26.0. The summed E-state index contributed by atoms with van der Waals surface area (Å²) in [5, 5.41) is 11.6. The van der Waals surface area contributed by atoms with E-state index in [1.165, 1.54) is 23.1 Å². The molecule has 4 aromatic carbocycles. The third-order valence-electron chi connectivity index (χ3n) is 7.38. The second-order valence-electron chi connectivity index (χ2n) is 10.0. The van der Waals surface area contributed by atoms with Gasteiger partial charge < -0.3 is 9.64 Å². The van der Waals surface area contributed by atoms with Gasteiger partial charge in [-0.05, 0) is 47.4 Å². The first-order chi connectivity index (χ1) is 20.0. The van der Waals surface area contributed by atoms with E-state index in [0.717, 1.165) is 23.2 Å². The van der Waals surface area contributed by atoms with Crippen molar-refractivity contribution in [3.05, 3.63) is 135 Å². The molecule has 0 bridgehead atoms.